The fourth-order valence-electron chi connectivity index (χ4n) is 2.04. The van der Waals surface area contributed by atoms with Crippen LogP contribution in [0.15, 0.2) is 53.4 Å². The Morgan fingerprint density at radius 3 is 2.20 bits per heavy atom. The van der Waals surface area contributed by atoms with Gasteiger partial charge >= 0.3 is 0 Å². The minimum atomic E-state index is -0.584. The lowest BCUT2D eigenvalue weighted by Crippen LogP contribution is -2.44. The second kappa shape index (κ2) is 7.12. The van der Waals surface area contributed by atoms with Gasteiger partial charge in [-0.2, -0.15) is 5.01 Å². The van der Waals surface area contributed by atoms with Crippen molar-refractivity contribution in [3.63, 3.8) is 0 Å². The van der Waals surface area contributed by atoms with E-state index in [4.69, 9.17) is 12.2 Å². The van der Waals surface area contributed by atoms with E-state index < -0.39 is 17.6 Å². The van der Waals surface area contributed by atoms with Gasteiger partial charge in [-0.25, -0.2) is 8.78 Å². The van der Waals surface area contributed by atoms with Crippen LogP contribution < -0.4 is 5.43 Å². The Labute approximate surface area is 151 Å². The molecule has 1 fully saturated rings. The summed E-state index contributed by atoms with van der Waals surface area (Å²) < 4.78 is 26.0. The largest absolute Gasteiger partial charge is 0.285 e. The summed E-state index contributed by atoms with van der Waals surface area (Å²) in [5.41, 5.74) is 3.22. The number of amides is 2. The Morgan fingerprint density at radius 2 is 1.60 bits per heavy atom. The molecule has 0 radical (unpaired) electrons. The van der Waals surface area contributed by atoms with Crippen molar-refractivity contribution in [2.45, 2.75) is 0 Å². The van der Waals surface area contributed by atoms with Crippen molar-refractivity contribution in [2.75, 3.05) is 0 Å². The van der Waals surface area contributed by atoms with Crippen LogP contribution in [-0.2, 0) is 4.79 Å². The van der Waals surface area contributed by atoms with Crippen LogP contribution in [0.25, 0.3) is 6.08 Å². The lowest BCUT2D eigenvalue weighted by atomic mass is 10.2. The fraction of sp³-hybridized carbons (Fsp3) is 0. The average molecular weight is 376 g/mol. The molecule has 2 aromatic rings. The van der Waals surface area contributed by atoms with E-state index in [2.05, 4.69) is 5.43 Å². The van der Waals surface area contributed by atoms with Gasteiger partial charge in [-0.15, -0.1) is 0 Å². The second-order valence-electron chi connectivity index (χ2n) is 5.02. The molecule has 0 aromatic heterocycles. The van der Waals surface area contributed by atoms with E-state index in [9.17, 15) is 18.4 Å². The van der Waals surface area contributed by atoms with Gasteiger partial charge in [0.05, 0.1) is 4.91 Å². The number of benzene rings is 2. The van der Waals surface area contributed by atoms with E-state index in [0.29, 0.717) is 10.5 Å². The molecule has 0 unspecified atom stereocenters. The number of carbonyl (C=O) groups excluding carboxylic acids is 2. The quantitative estimate of drug-likeness (QED) is 0.658. The first kappa shape index (κ1) is 17.2. The number of hydrogen-bond donors (Lipinski definition) is 1. The zero-order valence-electron chi connectivity index (χ0n) is 12.5. The van der Waals surface area contributed by atoms with Crippen molar-refractivity contribution >= 4 is 46.2 Å². The van der Waals surface area contributed by atoms with Crippen LogP contribution in [0.4, 0.5) is 8.78 Å². The average Bonchev–Trinajstić information content (AvgIpc) is 2.85. The maximum atomic E-state index is 12.9. The van der Waals surface area contributed by atoms with Crippen molar-refractivity contribution in [1.29, 1.82) is 0 Å². The normalized spacial score (nSPS) is 15.8. The molecule has 8 heteroatoms. The maximum absolute atomic E-state index is 12.9. The molecular weight excluding hydrogens is 366 g/mol. The van der Waals surface area contributed by atoms with Crippen LogP contribution in [0.5, 0.6) is 0 Å². The summed E-state index contributed by atoms with van der Waals surface area (Å²) in [4.78, 5) is 24.9. The predicted molar refractivity (Wildman–Crippen MR) is 95.3 cm³/mol. The first-order valence-corrected chi connectivity index (χ1v) is 8.26. The van der Waals surface area contributed by atoms with Gasteiger partial charge in [-0.05, 0) is 60.3 Å². The van der Waals surface area contributed by atoms with Gasteiger partial charge in [-0.1, -0.05) is 23.9 Å². The summed E-state index contributed by atoms with van der Waals surface area (Å²) >= 11 is 6.13. The number of nitrogens with one attached hydrogen (secondary N) is 1. The molecule has 1 aliphatic heterocycles. The van der Waals surface area contributed by atoms with Crippen molar-refractivity contribution in [3.8, 4) is 0 Å². The smallest absolute Gasteiger partial charge is 0.267 e. The predicted octanol–water partition coefficient (Wildman–Crippen LogP) is 3.51. The molecule has 126 valence electrons. The molecule has 1 heterocycles. The lowest BCUT2D eigenvalue weighted by molar-refractivity contribution is -0.123. The van der Waals surface area contributed by atoms with Crippen LogP contribution in [0.2, 0.25) is 0 Å². The van der Waals surface area contributed by atoms with Crippen LogP contribution in [0.3, 0.4) is 0 Å². The van der Waals surface area contributed by atoms with E-state index >= 15 is 0 Å². The molecule has 0 bridgehead atoms. The summed E-state index contributed by atoms with van der Waals surface area (Å²) in [7, 11) is 0. The highest BCUT2D eigenvalue weighted by atomic mass is 32.2. The van der Waals surface area contributed by atoms with E-state index in [1.165, 1.54) is 36.4 Å². The molecule has 0 atom stereocenters. The zero-order chi connectivity index (χ0) is 18.0. The van der Waals surface area contributed by atoms with Crippen LogP contribution in [-0.4, -0.2) is 21.1 Å². The number of hydrazine groups is 1. The molecule has 0 spiro atoms. The van der Waals surface area contributed by atoms with Crippen molar-refractivity contribution in [2.24, 2.45) is 0 Å². The highest BCUT2D eigenvalue weighted by Gasteiger charge is 2.33. The summed E-state index contributed by atoms with van der Waals surface area (Å²) in [5, 5.41) is 0.959. The van der Waals surface area contributed by atoms with Gasteiger partial charge in [0.1, 0.15) is 11.6 Å². The molecular formula is C17H10F2N2O2S2. The number of nitrogens with zero attached hydrogens (tertiary/aromatic N) is 1. The van der Waals surface area contributed by atoms with Gasteiger partial charge in [0, 0.05) is 5.56 Å². The van der Waals surface area contributed by atoms with E-state index in [0.717, 1.165) is 28.9 Å². The topological polar surface area (TPSA) is 49.4 Å². The van der Waals surface area contributed by atoms with Gasteiger partial charge in [0.2, 0.25) is 0 Å². The third kappa shape index (κ3) is 3.92. The first-order chi connectivity index (χ1) is 11.9. The van der Waals surface area contributed by atoms with E-state index in [1.54, 1.807) is 6.08 Å². The summed E-state index contributed by atoms with van der Waals surface area (Å²) in [6.45, 7) is 0. The number of rotatable bonds is 3. The van der Waals surface area contributed by atoms with Crippen LogP contribution in [0, 0.1) is 11.6 Å². The van der Waals surface area contributed by atoms with Crippen molar-refractivity contribution < 1.29 is 18.4 Å². The standard InChI is InChI=1S/C17H10F2N2O2S2/c18-12-5-1-10(2-6-12)9-14-16(23)21(17(24)25-14)20-15(22)11-3-7-13(19)8-4-11/h1-9H,(H,20,22). The summed E-state index contributed by atoms with van der Waals surface area (Å²) in [6.07, 6.45) is 1.56. The number of halogens is 2. The molecule has 1 saturated heterocycles. The number of carbonyl (C=O) groups is 2. The van der Waals surface area contributed by atoms with Crippen molar-refractivity contribution in [1.82, 2.24) is 10.4 Å². The minimum absolute atomic E-state index is 0.161. The highest BCUT2D eigenvalue weighted by molar-refractivity contribution is 8.26. The van der Waals surface area contributed by atoms with Crippen LogP contribution in [0.1, 0.15) is 15.9 Å². The maximum Gasteiger partial charge on any atom is 0.285 e. The molecule has 4 nitrogen and oxygen atoms in total. The zero-order valence-corrected chi connectivity index (χ0v) is 14.2. The Morgan fingerprint density at radius 1 is 1.04 bits per heavy atom. The van der Waals surface area contributed by atoms with Crippen LogP contribution >= 0.6 is 24.0 Å². The molecule has 2 amide bonds. The molecule has 0 saturated carbocycles. The summed E-state index contributed by atoms with van der Waals surface area (Å²) in [6, 6.07) is 10.5. The Bertz CT molecular complexity index is 881. The summed E-state index contributed by atoms with van der Waals surface area (Å²) in [5.74, 6) is -1.92. The third-order valence-electron chi connectivity index (χ3n) is 3.28. The Balaban J connectivity index is 1.76. The minimum Gasteiger partial charge on any atom is -0.267 e. The first-order valence-electron chi connectivity index (χ1n) is 7.04. The van der Waals surface area contributed by atoms with Gasteiger partial charge in [-0.3, -0.25) is 15.0 Å². The molecule has 0 aliphatic carbocycles. The van der Waals surface area contributed by atoms with Gasteiger partial charge in [0.25, 0.3) is 11.8 Å². The van der Waals surface area contributed by atoms with Crippen molar-refractivity contribution in [3.05, 3.63) is 76.2 Å². The molecule has 2 aromatic carbocycles. The molecule has 25 heavy (non-hydrogen) atoms. The van der Waals surface area contributed by atoms with Gasteiger partial charge < -0.3 is 0 Å². The Hall–Kier alpha value is -2.58. The van der Waals surface area contributed by atoms with E-state index in [1.807, 2.05) is 0 Å². The lowest BCUT2D eigenvalue weighted by Gasteiger charge is -2.15. The Kier molecular flexibility index (Phi) is 4.91. The third-order valence-corrected chi connectivity index (χ3v) is 4.58. The fourth-order valence-corrected chi connectivity index (χ4v) is 3.22. The molecule has 1 N–H and O–H groups in total. The highest BCUT2D eigenvalue weighted by Crippen LogP contribution is 2.31. The SMILES string of the molecule is O=C(NN1C(=O)C(=Cc2ccc(F)cc2)SC1=S)c1ccc(F)cc1. The molecule has 1 aliphatic rings. The monoisotopic (exact) mass is 376 g/mol. The number of thioether (sulfide) groups is 1. The van der Waals surface area contributed by atoms with Gasteiger partial charge in [0.15, 0.2) is 4.32 Å². The number of thiocarbonyl (C=S) groups is 1. The number of hydrogen-bond acceptors (Lipinski definition) is 4. The van der Waals surface area contributed by atoms with E-state index in [-0.39, 0.29) is 15.7 Å². The second-order valence-corrected chi connectivity index (χ2v) is 6.69. The molecule has 3 rings (SSSR count).